The summed E-state index contributed by atoms with van der Waals surface area (Å²) in [6, 6.07) is -0.461. The van der Waals surface area contributed by atoms with Gasteiger partial charge in [-0.25, -0.2) is 24.3 Å². The number of primary amides is 1. The largest absolute Gasteiger partial charge is 0.469 e. The number of aliphatic hydroxyl groups excluding tert-OH is 2. The van der Waals surface area contributed by atoms with Crippen molar-refractivity contribution in [3.8, 4) is 0 Å². The number of rotatable bonds is 5. The van der Waals surface area contributed by atoms with Crippen molar-refractivity contribution in [3.05, 3.63) is 12.7 Å². The van der Waals surface area contributed by atoms with E-state index in [1.54, 1.807) is 0 Å². The minimum Gasteiger partial charge on any atom is -0.387 e. The molecule has 2 aromatic heterocycles. The zero-order valence-electron chi connectivity index (χ0n) is 15.2. The summed E-state index contributed by atoms with van der Waals surface area (Å²) in [5.41, 5.74) is 10.9. The first-order valence-electron chi connectivity index (χ1n) is 8.23. The lowest BCUT2D eigenvalue weighted by Crippen LogP contribution is -2.33. The monoisotopic (exact) mass is 435 g/mol. The van der Waals surface area contributed by atoms with Gasteiger partial charge in [0.15, 0.2) is 17.7 Å². The van der Waals surface area contributed by atoms with E-state index in [2.05, 4.69) is 30.5 Å². The SMILES string of the molecule is CCNC(N)=O.Nc1ncnc2c1ncn2[C@@H]1O[C@H](COP(=O)(O)O)[C@@H](O)[C@H]1O. The Morgan fingerprint density at radius 3 is 2.59 bits per heavy atom. The molecular formula is C13H22N7O8P. The van der Waals surface area contributed by atoms with Crippen LogP contribution in [0.3, 0.4) is 0 Å². The number of hydrogen-bond acceptors (Lipinski definition) is 10. The molecule has 16 heteroatoms. The number of carbonyl (C=O) groups excluding carboxylic acids is 1. The third-order valence-corrected chi connectivity index (χ3v) is 4.24. The van der Waals surface area contributed by atoms with E-state index < -0.39 is 45.0 Å². The first-order chi connectivity index (χ1) is 13.5. The predicted octanol–water partition coefficient (Wildman–Crippen LogP) is -2.19. The number of ether oxygens (including phenoxy) is 1. The third kappa shape index (κ3) is 5.80. The Morgan fingerprint density at radius 1 is 1.34 bits per heavy atom. The summed E-state index contributed by atoms with van der Waals surface area (Å²) in [5, 5.41) is 22.4. The number of amides is 2. The highest BCUT2D eigenvalue weighted by Gasteiger charge is 2.45. The van der Waals surface area contributed by atoms with Crippen molar-refractivity contribution in [1.82, 2.24) is 24.8 Å². The molecule has 29 heavy (non-hydrogen) atoms. The van der Waals surface area contributed by atoms with Crippen molar-refractivity contribution in [1.29, 1.82) is 0 Å². The van der Waals surface area contributed by atoms with Crippen LogP contribution in [0.15, 0.2) is 12.7 Å². The van der Waals surface area contributed by atoms with Crippen molar-refractivity contribution in [2.24, 2.45) is 5.73 Å². The number of carbonyl (C=O) groups is 1. The second-order valence-corrected chi connectivity index (χ2v) is 7.05. The van der Waals surface area contributed by atoms with Gasteiger partial charge in [0.1, 0.15) is 30.2 Å². The van der Waals surface area contributed by atoms with Gasteiger partial charge in [-0.05, 0) is 6.92 Å². The number of fused-ring (bicyclic) bond motifs is 1. The number of anilines is 1. The van der Waals surface area contributed by atoms with Gasteiger partial charge in [-0.3, -0.25) is 9.09 Å². The van der Waals surface area contributed by atoms with Crippen LogP contribution in [0.5, 0.6) is 0 Å². The van der Waals surface area contributed by atoms with Crippen LogP contribution < -0.4 is 16.8 Å². The second-order valence-electron chi connectivity index (χ2n) is 5.81. The van der Waals surface area contributed by atoms with E-state index >= 15 is 0 Å². The van der Waals surface area contributed by atoms with Crippen LogP contribution in [-0.2, 0) is 13.8 Å². The van der Waals surface area contributed by atoms with Gasteiger partial charge in [-0.2, -0.15) is 0 Å². The van der Waals surface area contributed by atoms with Gasteiger partial charge < -0.3 is 41.5 Å². The molecule has 2 aromatic rings. The van der Waals surface area contributed by atoms with E-state index in [0.717, 1.165) is 0 Å². The van der Waals surface area contributed by atoms with Crippen molar-refractivity contribution < 1.29 is 38.6 Å². The predicted molar refractivity (Wildman–Crippen MR) is 96.9 cm³/mol. The number of imidazole rings is 1. The first kappa shape index (κ1) is 22.9. The molecule has 2 amide bonds. The molecule has 0 aliphatic carbocycles. The summed E-state index contributed by atoms with van der Waals surface area (Å²) < 4.78 is 21.8. The zero-order chi connectivity index (χ0) is 21.8. The molecule has 0 saturated carbocycles. The van der Waals surface area contributed by atoms with E-state index in [4.69, 9.17) is 20.3 Å². The summed E-state index contributed by atoms with van der Waals surface area (Å²) in [6.07, 6.45) is -2.49. The molecule has 0 spiro atoms. The number of aromatic nitrogens is 4. The molecule has 0 bridgehead atoms. The summed E-state index contributed by atoms with van der Waals surface area (Å²) in [6.45, 7) is 1.82. The summed E-state index contributed by atoms with van der Waals surface area (Å²) in [7, 11) is -4.72. The van der Waals surface area contributed by atoms with Gasteiger partial charge in [0.05, 0.1) is 12.9 Å². The first-order valence-corrected chi connectivity index (χ1v) is 9.76. The number of urea groups is 1. The smallest absolute Gasteiger partial charge is 0.387 e. The highest BCUT2D eigenvalue weighted by molar-refractivity contribution is 7.46. The Balaban J connectivity index is 0.000000438. The van der Waals surface area contributed by atoms with Crippen LogP contribution in [0, 0.1) is 0 Å². The lowest BCUT2D eigenvalue weighted by Gasteiger charge is -2.16. The van der Waals surface area contributed by atoms with E-state index in [9.17, 15) is 19.6 Å². The van der Waals surface area contributed by atoms with E-state index in [1.807, 2.05) is 6.92 Å². The highest BCUT2D eigenvalue weighted by Crippen LogP contribution is 2.38. The van der Waals surface area contributed by atoms with Gasteiger partial charge in [0.25, 0.3) is 0 Å². The molecule has 162 valence electrons. The van der Waals surface area contributed by atoms with Gasteiger partial charge in [-0.15, -0.1) is 0 Å². The zero-order valence-corrected chi connectivity index (χ0v) is 16.1. The topological polar surface area (TPSA) is 241 Å². The van der Waals surface area contributed by atoms with Gasteiger partial charge in [0, 0.05) is 6.54 Å². The Labute approximate surface area is 163 Å². The van der Waals surface area contributed by atoms with Crippen LogP contribution >= 0.6 is 7.82 Å². The Kier molecular flexibility index (Phi) is 7.43. The number of nitrogens with two attached hydrogens (primary N) is 2. The van der Waals surface area contributed by atoms with Gasteiger partial charge in [-0.1, -0.05) is 0 Å². The van der Waals surface area contributed by atoms with Crippen molar-refractivity contribution in [2.45, 2.75) is 31.5 Å². The van der Waals surface area contributed by atoms with Crippen LogP contribution in [0.2, 0.25) is 0 Å². The van der Waals surface area contributed by atoms with Crippen molar-refractivity contribution in [2.75, 3.05) is 18.9 Å². The molecule has 3 rings (SSSR count). The number of nitrogens with one attached hydrogen (secondary N) is 1. The molecule has 1 fully saturated rings. The maximum Gasteiger partial charge on any atom is 0.469 e. The number of aliphatic hydroxyl groups is 2. The minimum atomic E-state index is -4.72. The number of hydrogen-bond donors (Lipinski definition) is 7. The summed E-state index contributed by atoms with van der Waals surface area (Å²) >= 11 is 0. The second kappa shape index (κ2) is 9.41. The lowest BCUT2D eigenvalue weighted by atomic mass is 10.1. The molecule has 4 atom stereocenters. The van der Waals surface area contributed by atoms with Crippen molar-refractivity contribution in [3.63, 3.8) is 0 Å². The van der Waals surface area contributed by atoms with Crippen LogP contribution in [-0.4, -0.2) is 77.0 Å². The molecule has 15 nitrogen and oxygen atoms in total. The molecule has 0 aromatic carbocycles. The highest BCUT2D eigenvalue weighted by atomic mass is 31.2. The normalized spacial score (nSPS) is 24.2. The number of nitrogen functional groups attached to an aromatic ring is 1. The van der Waals surface area contributed by atoms with Crippen LogP contribution in [0.4, 0.5) is 10.6 Å². The minimum absolute atomic E-state index is 0.142. The fourth-order valence-corrected chi connectivity index (χ4v) is 2.84. The van der Waals surface area contributed by atoms with Crippen molar-refractivity contribution >= 4 is 30.8 Å². The molecule has 9 N–H and O–H groups in total. The molecule has 3 heterocycles. The average molecular weight is 435 g/mol. The van der Waals surface area contributed by atoms with E-state index in [-0.39, 0.29) is 11.5 Å². The maximum atomic E-state index is 10.7. The number of phosphoric acid groups is 1. The molecule has 1 aliphatic heterocycles. The molecule has 0 radical (unpaired) electrons. The molecule has 1 saturated heterocycles. The number of nitrogens with zero attached hydrogens (tertiary/aromatic N) is 4. The van der Waals surface area contributed by atoms with E-state index in [0.29, 0.717) is 12.1 Å². The van der Waals surface area contributed by atoms with Crippen LogP contribution in [0.25, 0.3) is 11.2 Å². The lowest BCUT2D eigenvalue weighted by molar-refractivity contribution is -0.0504. The molecule has 1 aliphatic rings. The fraction of sp³-hybridized carbons (Fsp3) is 0.538. The molecule has 0 unspecified atom stereocenters. The van der Waals surface area contributed by atoms with Gasteiger partial charge in [0.2, 0.25) is 0 Å². The number of phosphoric ester groups is 1. The summed E-state index contributed by atoms with van der Waals surface area (Å²) in [4.78, 5) is 38.9. The molecular weight excluding hydrogens is 413 g/mol. The summed E-state index contributed by atoms with van der Waals surface area (Å²) in [5.74, 6) is 0.142. The Hall–Kier alpha value is -2.39. The standard InChI is InChI=1S/C10H14N5O7P.C3H8N2O/c11-8-5-9(13-2-12-8)15(3-14-5)10-7(17)6(16)4(22-10)1-21-23(18,19)20;1-2-5-3(4)6/h2-4,6-7,10,16-17H,1H2,(H2,11,12,13)(H2,18,19,20);2H2,1H3,(H3,4,5,6)/t4-,6-,7-,10-;/m1./s1. The Morgan fingerprint density at radius 2 is 2.03 bits per heavy atom. The van der Waals surface area contributed by atoms with E-state index in [1.165, 1.54) is 17.2 Å². The third-order valence-electron chi connectivity index (χ3n) is 3.76. The van der Waals surface area contributed by atoms with Gasteiger partial charge >= 0.3 is 13.9 Å². The van der Waals surface area contributed by atoms with Crippen LogP contribution in [0.1, 0.15) is 13.2 Å². The maximum absolute atomic E-state index is 10.7. The average Bonchev–Trinajstić information content (AvgIpc) is 3.16. The quantitative estimate of drug-likeness (QED) is 0.248. The fourth-order valence-electron chi connectivity index (χ4n) is 2.50. The Bertz CT molecular complexity index is 889.